The van der Waals surface area contributed by atoms with Gasteiger partial charge in [-0.3, -0.25) is 9.69 Å². The molecule has 0 amide bonds. The van der Waals surface area contributed by atoms with Crippen LogP contribution >= 0.6 is 0 Å². The highest BCUT2D eigenvalue weighted by Gasteiger charge is 2.26. The first-order chi connectivity index (χ1) is 9.60. The normalized spacial score (nSPS) is 19.6. The molecule has 1 aromatic carbocycles. The van der Waals surface area contributed by atoms with E-state index in [0.717, 1.165) is 31.5 Å². The first-order valence-corrected chi connectivity index (χ1v) is 6.72. The zero-order chi connectivity index (χ0) is 14.5. The molecule has 0 unspecified atom stereocenters. The summed E-state index contributed by atoms with van der Waals surface area (Å²) in [5.74, 6) is -1.11. The summed E-state index contributed by atoms with van der Waals surface area (Å²) >= 11 is 0. The van der Waals surface area contributed by atoms with Crippen molar-refractivity contribution >= 4 is 11.9 Å². The molecule has 0 aromatic heterocycles. The molecular formula is C15H19NO4. The monoisotopic (exact) mass is 277 g/mol. The lowest BCUT2D eigenvalue weighted by Crippen LogP contribution is -2.38. The molecule has 2 rings (SSSR count). The van der Waals surface area contributed by atoms with Gasteiger partial charge in [-0.25, -0.2) is 4.79 Å². The third-order valence-corrected chi connectivity index (χ3v) is 3.65. The summed E-state index contributed by atoms with van der Waals surface area (Å²) in [4.78, 5) is 24.6. The van der Waals surface area contributed by atoms with Gasteiger partial charge >= 0.3 is 11.9 Å². The first-order valence-electron chi connectivity index (χ1n) is 6.72. The lowest BCUT2D eigenvalue weighted by molar-refractivity contribution is -0.147. The molecule has 1 saturated heterocycles. The molecule has 1 aliphatic heterocycles. The Hall–Kier alpha value is -1.88. The van der Waals surface area contributed by atoms with E-state index in [1.807, 2.05) is 12.1 Å². The van der Waals surface area contributed by atoms with Crippen LogP contribution in [0.5, 0.6) is 0 Å². The average molecular weight is 277 g/mol. The van der Waals surface area contributed by atoms with Crippen LogP contribution in [0.1, 0.15) is 28.8 Å². The minimum Gasteiger partial charge on any atom is -0.478 e. The molecule has 1 atom stereocenters. The molecule has 0 bridgehead atoms. The molecule has 0 radical (unpaired) electrons. The number of benzene rings is 1. The maximum Gasteiger partial charge on any atom is 0.335 e. The average Bonchev–Trinajstić information content (AvgIpc) is 2.47. The van der Waals surface area contributed by atoms with Crippen molar-refractivity contribution in [1.82, 2.24) is 4.90 Å². The van der Waals surface area contributed by atoms with E-state index in [1.165, 1.54) is 7.11 Å². The van der Waals surface area contributed by atoms with E-state index in [9.17, 15) is 9.59 Å². The first kappa shape index (κ1) is 14.5. The Bertz CT molecular complexity index is 483. The van der Waals surface area contributed by atoms with Crippen molar-refractivity contribution in [3.8, 4) is 0 Å². The van der Waals surface area contributed by atoms with Crippen LogP contribution in [0.4, 0.5) is 0 Å². The van der Waals surface area contributed by atoms with Crippen molar-refractivity contribution in [3.63, 3.8) is 0 Å². The van der Waals surface area contributed by atoms with Crippen LogP contribution < -0.4 is 0 Å². The highest BCUT2D eigenvalue weighted by Crippen LogP contribution is 2.19. The Kier molecular flexibility index (Phi) is 4.74. The zero-order valence-electron chi connectivity index (χ0n) is 11.5. The number of hydrogen-bond donors (Lipinski definition) is 1. The Morgan fingerprint density at radius 2 is 2.05 bits per heavy atom. The molecule has 1 N–H and O–H groups in total. The lowest BCUT2D eigenvalue weighted by Gasteiger charge is -2.31. The maximum atomic E-state index is 11.6. The van der Waals surface area contributed by atoms with Crippen LogP contribution in [-0.4, -0.2) is 42.1 Å². The summed E-state index contributed by atoms with van der Waals surface area (Å²) < 4.78 is 4.80. The second kappa shape index (κ2) is 6.52. The van der Waals surface area contributed by atoms with Gasteiger partial charge in [-0.15, -0.1) is 0 Å². The van der Waals surface area contributed by atoms with Gasteiger partial charge in [0.1, 0.15) is 0 Å². The Labute approximate surface area is 118 Å². The second-order valence-electron chi connectivity index (χ2n) is 5.10. The molecular weight excluding hydrogens is 258 g/mol. The highest BCUT2D eigenvalue weighted by atomic mass is 16.5. The minimum atomic E-state index is -0.916. The number of carboxylic acids is 1. The van der Waals surface area contributed by atoms with Crippen LogP contribution in [0, 0.1) is 5.92 Å². The number of hydrogen-bond acceptors (Lipinski definition) is 4. The number of carboxylic acid groups (broad SMARTS) is 1. The van der Waals surface area contributed by atoms with E-state index in [4.69, 9.17) is 9.84 Å². The largest absolute Gasteiger partial charge is 0.478 e. The van der Waals surface area contributed by atoms with Crippen molar-refractivity contribution in [3.05, 3.63) is 35.4 Å². The number of carbonyl (C=O) groups is 2. The minimum absolute atomic E-state index is 0.0490. The van der Waals surface area contributed by atoms with Crippen molar-refractivity contribution < 1.29 is 19.4 Å². The number of nitrogens with zero attached hydrogens (tertiary/aromatic N) is 1. The summed E-state index contributed by atoms with van der Waals surface area (Å²) in [5.41, 5.74) is 1.35. The molecule has 5 nitrogen and oxygen atoms in total. The Morgan fingerprint density at radius 3 is 2.65 bits per heavy atom. The van der Waals surface area contributed by atoms with E-state index >= 15 is 0 Å². The highest BCUT2D eigenvalue weighted by molar-refractivity contribution is 5.87. The van der Waals surface area contributed by atoms with Crippen LogP contribution in [0.15, 0.2) is 24.3 Å². The summed E-state index contributed by atoms with van der Waals surface area (Å²) in [6, 6.07) is 6.87. The van der Waals surface area contributed by atoms with Gasteiger partial charge in [-0.05, 0) is 37.1 Å². The number of methoxy groups -OCH3 is 1. The molecule has 1 aliphatic rings. The Balaban J connectivity index is 1.95. The quantitative estimate of drug-likeness (QED) is 0.850. The summed E-state index contributed by atoms with van der Waals surface area (Å²) in [5, 5.41) is 8.86. The fraction of sp³-hybridized carbons (Fsp3) is 0.467. The molecule has 0 spiro atoms. The van der Waals surface area contributed by atoms with Crippen LogP contribution in [0.2, 0.25) is 0 Å². The van der Waals surface area contributed by atoms with Gasteiger partial charge in [0, 0.05) is 13.1 Å². The second-order valence-corrected chi connectivity index (χ2v) is 5.10. The van der Waals surface area contributed by atoms with E-state index in [1.54, 1.807) is 12.1 Å². The number of aromatic carboxylic acids is 1. The van der Waals surface area contributed by atoms with Crippen molar-refractivity contribution in [2.45, 2.75) is 19.4 Å². The van der Waals surface area contributed by atoms with Crippen molar-refractivity contribution in [1.29, 1.82) is 0 Å². The number of piperidine rings is 1. The smallest absolute Gasteiger partial charge is 0.335 e. The van der Waals surface area contributed by atoms with E-state index < -0.39 is 5.97 Å². The van der Waals surface area contributed by atoms with Crippen LogP contribution in [0.3, 0.4) is 0 Å². The van der Waals surface area contributed by atoms with Gasteiger partial charge in [0.05, 0.1) is 18.6 Å². The van der Waals surface area contributed by atoms with Crippen molar-refractivity contribution in [2.75, 3.05) is 20.2 Å². The number of esters is 1. The van der Waals surface area contributed by atoms with Gasteiger partial charge in [-0.1, -0.05) is 12.1 Å². The molecule has 5 heteroatoms. The van der Waals surface area contributed by atoms with E-state index in [-0.39, 0.29) is 11.9 Å². The molecule has 1 fully saturated rings. The third kappa shape index (κ3) is 3.57. The lowest BCUT2D eigenvalue weighted by atomic mass is 9.97. The number of carbonyl (C=O) groups excluding carboxylic acids is 1. The van der Waals surface area contributed by atoms with Crippen molar-refractivity contribution in [2.24, 2.45) is 5.92 Å². The number of likely N-dealkylation sites (tertiary alicyclic amines) is 1. The van der Waals surface area contributed by atoms with E-state index in [0.29, 0.717) is 12.1 Å². The predicted octanol–water partition coefficient (Wildman–Crippen LogP) is 1.77. The number of ether oxygens (including phenoxy) is 1. The molecule has 0 saturated carbocycles. The standard InChI is InChI=1S/C15H19NO4/c1-20-15(19)13-3-2-8-16(10-13)9-11-4-6-12(7-5-11)14(17)18/h4-7,13H,2-3,8-10H2,1H3,(H,17,18)/t13-/m0/s1. The van der Waals surface area contributed by atoms with Gasteiger partial charge < -0.3 is 9.84 Å². The van der Waals surface area contributed by atoms with Gasteiger partial charge in [0.2, 0.25) is 0 Å². The summed E-state index contributed by atoms with van der Waals surface area (Å²) in [6.45, 7) is 2.38. The van der Waals surface area contributed by atoms with E-state index in [2.05, 4.69) is 4.90 Å². The fourth-order valence-corrected chi connectivity index (χ4v) is 2.57. The topological polar surface area (TPSA) is 66.8 Å². The SMILES string of the molecule is COC(=O)[C@H]1CCCN(Cc2ccc(C(=O)O)cc2)C1. The van der Waals surface area contributed by atoms with Gasteiger partial charge in [0.25, 0.3) is 0 Å². The fourth-order valence-electron chi connectivity index (χ4n) is 2.57. The summed E-state index contributed by atoms with van der Waals surface area (Å²) in [6.07, 6.45) is 1.86. The van der Waals surface area contributed by atoms with Crippen LogP contribution in [-0.2, 0) is 16.1 Å². The maximum absolute atomic E-state index is 11.6. The number of rotatable bonds is 4. The molecule has 20 heavy (non-hydrogen) atoms. The predicted molar refractivity (Wildman–Crippen MR) is 73.4 cm³/mol. The molecule has 108 valence electrons. The van der Waals surface area contributed by atoms with Crippen LogP contribution in [0.25, 0.3) is 0 Å². The van der Waals surface area contributed by atoms with Gasteiger partial charge in [0.15, 0.2) is 0 Å². The zero-order valence-corrected chi connectivity index (χ0v) is 11.5. The summed E-state index contributed by atoms with van der Waals surface area (Å²) in [7, 11) is 1.42. The van der Waals surface area contributed by atoms with Gasteiger partial charge in [-0.2, -0.15) is 0 Å². The molecule has 0 aliphatic carbocycles. The molecule has 1 heterocycles. The molecule has 1 aromatic rings. The third-order valence-electron chi connectivity index (χ3n) is 3.65. The Morgan fingerprint density at radius 1 is 1.35 bits per heavy atom.